The van der Waals surface area contributed by atoms with Gasteiger partial charge in [0.15, 0.2) is 0 Å². The van der Waals surface area contributed by atoms with Crippen LogP contribution in [0.25, 0.3) is 0 Å². The molecule has 0 aliphatic rings. The van der Waals surface area contributed by atoms with Crippen LogP contribution in [0.3, 0.4) is 0 Å². The van der Waals surface area contributed by atoms with Gasteiger partial charge in [-0.1, -0.05) is 0 Å². The number of nitro benzene ring substituents is 1. The molecule has 0 aromatic heterocycles. The van der Waals surface area contributed by atoms with Crippen LogP contribution < -0.4 is 5.32 Å². The fraction of sp³-hybridized carbons (Fsp3) is 0.300. The Balaban J connectivity index is 2.79. The summed E-state index contributed by atoms with van der Waals surface area (Å²) in [4.78, 5) is 21.1. The topological polar surface area (TPSA) is 72.2 Å². The number of anilines is 1. The smallest absolute Gasteiger partial charge is 0.271 e. The molecule has 0 bridgehead atoms. The Hall–Kier alpha value is -1.69. The lowest BCUT2D eigenvalue weighted by molar-refractivity contribution is -0.384. The zero-order valence-corrected chi connectivity index (χ0v) is 9.54. The van der Waals surface area contributed by atoms with Crippen LogP contribution in [0, 0.1) is 15.9 Å². The summed E-state index contributed by atoms with van der Waals surface area (Å²) in [6.07, 6.45) is 0.607. The third kappa shape index (κ3) is 3.99. The van der Waals surface area contributed by atoms with E-state index in [1.165, 1.54) is 0 Å². The number of hydrogen-bond acceptors (Lipinski definition) is 3. The first-order valence-corrected chi connectivity index (χ1v) is 5.38. The summed E-state index contributed by atoms with van der Waals surface area (Å²) < 4.78 is 13.3. The average Bonchev–Trinajstić information content (AvgIpc) is 2.29. The van der Waals surface area contributed by atoms with E-state index in [9.17, 15) is 19.3 Å². The van der Waals surface area contributed by atoms with Crippen LogP contribution in [0.1, 0.15) is 12.8 Å². The third-order valence-electron chi connectivity index (χ3n) is 1.97. The fourth-order valence-electron chi connectivity index (χ4n) is 1.16. The van der Waals surface area contributed by atoms with Gasteiger partial charge in [-0.05, 0) is 12.5 Å². The van der Waals surface area contributed by atoms with Gasteiger partial charge in [0.1, 0.15) is 5.82 Å². The number of non-ortho nitro benzene ring substituents is 1. The largest absolute Gasteiger partial charge is 0.323 e. The van der Waals surface area contributed by atoms with Gasteiger partial charge in [0, 0.05) is 24.4 Å². The lowest BCUT2D eigenvalue weighted by Crippen LogP contribution is -2.12. The molecule has 1 aromatic carbocycles. The van der Waals surface area contributed by atoms with Crippen LogP contribution in [0.5, 0.6) is 0 Å². The molecule has 0 atom stereocenters. The van der Waals surface area contributed by atoms with Crippen LogP contribution in [-0.2, 0) is 4.79 Å². The van der Waals surface area contributed by atoms with E-state index in [1.54, 1.807) is 0 Å². The first-order chi connectivity index (χ1) is 8.04. The van der Waals surface area contributed by atoms with Gasteiger partial charge in [-0.2, -0.15) is 0 Å². The van der Waals surface area contributed by atoms with Crippen molar-refractivity contribution in [1.29, 1.82) is 0 Å². The highest BCUT2D eigenvalue weighted by atomic mass is 35.5. The van der Waals surface area contributed by atoms with Crippen molar-refractivity contribution in [2.24, 2.45) is 0 Å². The number of rotatable bonds is 5. The van der Waals surface area contributed by atoms with Crippen LogP contribution in [0.15, 0.2) is 18.2 Å². The van der Waals surface area contributed by atoms with E-state index >= 15 is 0 Å². The van der Waals surface area contributed by atoms with E-state index in [0.717, 1.165) is 18.2 Å². The highest BCUT2D eigenvalue weighted by Crippen LogP contribution is 2.21. The fourth-order valence-corrected chi connectivity index (χ4v) is 1.30. The molecule has 0 spiro atoms. The summed E-state index contributed by atoms with van der Waals surface area (Å²) in [5.74, 6) is -0.815. The number of nitro groups is 1. The average molecular weight is 261 g/mol. The Bertz CT molecular complexity index is 440. The SMILES string of the molecule is O=C(CCCCl)Nc1cc([N+](=O)[O-])ccc1F. The molecule has 7 heteroatoms. The van der Waals surface area contributed by atoms with Crippen molar-refractivity contribution in [3.63, 3.8) is 0 Å². The van der Waals surface area contributed by atoms with Crippen molar-refractivity contribution in [2.45, 2.75) is 12.8 Å². The Morgan fingerprint density at radius 2 is 2.24 bits per heavy atom. The highest BCUT2D eigenvalue weighted by molar-refractivity contribution is 6.18. The van der Waals surface area contributed by atoms with E-state index < -0.39 is 16.6 Å². The molecule has 1 amide bonds. The van der Waals surface area contributed by atoms with Gasteiger partial charge < -0.3 is 5.32 Å². The molecule has 0 unspecified atom stereocenters. The molecule has 0 radical (unpaired) electrons. The summed E-state index contributed by atoms with van der Waals surface area (Å²) in [5, 5.41) is 12.7. The monoisotopic (exact) mass is 260 g/mol. The maximum atomic E-state index is 13.3. The molecular formula is C10H10ClFN2O3. The maximum absolute atomic E-state index is 13.3. The van der Waals surface area contributed by atoms with Crippen molar-refractivity contribution in [3.05, 3.63) is 34.1 Å². The van der Waals surface area contributed by atoms with Crippen molar-refractivity contribution in [3.8, 4) is 0 Å². The molecule has 1 rings (SSSR count). The van der Waals surface area contributed by atoms with Gasteiger partial charge in [0.25, 0.3) is 5.69 Å². The van der Waals surface area contributed by atoms with Gasteiger partial charge in [-0.15, -0.1) is 11.6 Å². The number of nitrogens with zero attached hydrogens (tertiary/aromatic N) is 1. The number of nitrogens with one attached hydrogen (secondary N) is 1. The predicted molar refractivity (Wildman–Crippen MR) is 61.6 cm³/mol. The van der Waals surface area contributed by atoms with Crippen LogP contribution in [-0.4, -0.2) is 16.7 Å². The molecule has 0 aliphatic heterocycles. The van der Waals surface area contributed by atoms with E-state index in [-0.39, 0.29) is 17.8 Å². The summed E-state index contributed by atoms with van der Waals surface area (Å²) in [6, 6.07) is 2.95. The Kier molecular flexibility index (Phi) is 4.84. The second kappa shape index (κ2) is 6.15. The number of halogens is 2. The normalized spacial score (nSPS) is 10.0. The molecule has 0 heterocycles. The number of carbonyl (C=O) groups excluding carboxylic acids is 1. The molecule has 17 heavy (non-hydrogen) atoms. The van der Waals surface area contributed by atoms with Crippen molar-refractivity contribution in [1.82, 2.24) is 0 Å². The minimum atomic E-state index is -0.713. The zero-order chi connectivity index (χ0) is 12.8. The summed E-state index contributed by atoms with van der Waals surface area (Å²) in [7, 11) is 0. The summed E-state index contributed by atoms with van der Waals surface area (Å²) >= 11 is 5.40. The summed E-state index contributed by atoms with van der Waals surface area (Å²) in [6.45, 7) is 0. The Morgan fingerprint density at radius 3 is 2.82 bits per heavy atom. The van der Waals surface area contributed by atoms with Crippen molar-refractivity contribution < 1.29 is 14.1 Å². The van der Waals surface area contributed by atoms with Gasteiger partial charge in [-0.3, -0.25) is 14.9 Å². The Morgan fingerprint density at radius 1 is 1.53 bits per heavy atom. The Labute approximate surface area is 102 Å². The summed E-state index contributed by atoms with van der Waals surface area (Å²) in [5.41, 5.74) is -0.474. The molecule has 1 aromatic rings. The lowest BCUT2D eigenvalue weighted by atomic mass is 10.2. The number of hydrogen-bond donors (Lipinski definition) is 1. The molecule has 92 valence electrons. The number of benzene rings is 1. The van der Waals surface area contributed by atoms with Gasteiger partial charge in [-0.25, -0.2) is 4.39 Å². The number of carbonyl (C=O) groups is 1. The molecule has 0 saturated heterocycles. The molecule has 0 saturated carbocycles. The maximum Gasteiger partial charge on any atom is 0.271 e. The van der Waals surface area contributed by atoms with E-state index in [2.05, 4.69) is 5.32 Å². The zero-order valence-electron chi connectivity index (χ0n) is 8.78. The second-order valence-corrected chi connectivity index (χ2v) is 3.64. The van der Waals surface area contributed by atoms with E-state index in [1.807, 2.05) is 0 Å². The molecule has 0 fully saturated rings. The lowest BCUT2D eigenvalue weighted by Gasteiger charge is -2.05. The molecular weight excluding hydrogens is 251 g/mol. The van der Waals surface area contributed by atoms with Crippen LogP contribution in [0.2, 0.25) is 0 Å². The first kappa shape index (κ1) is 13.4. The van der Waals surface area contributed by atoms with Crippen molar-refractivity contribution >= 4 is 28.9 Å². The van der Waals surface area contributed by atoms with Gasteiger partial charge in [0.2, 0.25) is 5.91 Å². The quantitative estimate of drug-likeness (QED) is 0.503. The minimum absolute atomic E-state index is 0.144. The minimum Gasteiger partial charge on any atom is -0.323 e. The molecule has 0 aliphatic carbocycles. The van der Waals surface area contributed by atoms with Crippen molar-refractivity contribution in [2.75, 3.05) is 11.2 Å². The molecule has 1 N–H and O–H groups in total. The standard InChI is InChI=1S/C10H10ClFN2O3/c11-5-1-2-10(15)13-9-6-7(14(16)17)3-4-8(9)12/h3-4,6H,1-2,5H2,(H,13,15). The molecule has 5 nitrogen and oxygen atoms in total. The highest BCUT2D eigenvalue weighted by Gasteiger charge is 2.12. The number of amides is 1. The first-order valence-electron chi connectivity index (χ1n) is 4.84. The van der Waals surface area contributed by atoms with Gasteiger partial charge in [0.05, 0.1) is 10.6 Å². The van der Waals surface area contributed by atoms with E-state index in [0.29, 0.717) is 12.3 Å². The van der Waals surface area contributed by atoms with E-state index in [4.69, 9.17) is 11.6 Å². The van der Waals surface area contributed by atoms with Gasteiger partial charge >= 0.3 is 0 Å². The predicted octanol–water partition coefficient (Wildman–Crippen LogP) is 2.69. The number of alkyl halides is 1. The second-order valence-electron chi connectivity index (χ2n) is 3.26. The van der Waals surface area contributed by atoms with Crippen LogP contribution >= 0.6 is 11.6 Å². The van der Waals surface area contributed by atoms with Crippen LogP contribution in [0.4, 0.5) is 15.8 Å². The third-order valence-corrected chi connectivity index (χ3v) is 2.24.